The van der Waals surface area contributed by atoms with Crippen LogP contribution in [-0.4, -0.2) is 105 Å². The van der Waals surface area contributed by atoms with Crippen LogP contribution in [0.2, 0.25) is 0 Å². The summed E-state index contributed by atoms with van der Waals surface area (Å²) in [6.45, 7) is 7.74. The molecular weight excluding hydrogens is 588 g/mol. The largest absolute Gasteiger partial charge is 0.497 e. The van der Waals surface area contributed by atoms with Gasteiger partial charge in [-0.15, -0.1) is 0 Å². The first-order chi connectivity index (χ1) is 20.8. The van der Waals surface area contributed by atoms with Crippen LogP contribution in [0.25, 0.3) is 0 Å². The topological polar surface area (TPSA) is 170 Å². The second-order valence-electron chi connectivity index (χ2n) is 10.8. The van der Waals surface area contributed by atoms with Crippen molar-refractivity contribution in [1.29, 1.82) is 0 Å². The molecule has 0 amide bonds. The van der Waals surface area contributed by atoms with Gasteiger partial charge in [0.05, 0.1) is 13.7 Å². The molecule has 3 fully saturated rings. The average molecular weight is 627 g/mol. The quantitative estimate of drug-likeness (QED) is 0.270. The zero-order valence-corrected chi connectivity index (χ0v) is 25.5. The molecule has 0 N–H and O–H groups in total. The fourth-order valence-corrected chi connectivity index (χ4v) is 5.19. The molecular formula is C29H38O15. The fourth-order valence-electron chi connectivity index (χ4n) is 5.19. The number of esters is 4. The highest BCUT2D eigenvalue weighted by Crippen LogP contribution is 2.39. The van der Waals surface area contributed by atoms with Crippen molar-refractivity contribution < 1.29 is 71.3 Å². The zero-order valence-electron chi connectivity index (χ0n) is 25.5. The molecule has 3 heterocycles. The molecule has 4 rings (SSSR count). The monoisotopic (exact) mass is 626 g/mol. The number of methoxy groups -OCH3 is 1. The van der Waals surface area contributed by atoms with Gasteiger partial charge in [-0.25, -0.2) is 0 Å². The lowest BCUT2D eigenvalue weighted by molar-refractivity contribution is -0.345. The average Bonchev–Trinajstić information content (AvgIpc) is 3.26. The maximum Gasteiger partial charge on any atom is 0.303 e. The third-order valence-corrected chi connectivity index (χ3v) is 6.79. The molecule has 0 spiro atoms. The Labute approximate surface area is 254 Å². The zero-order chi connectivity index (χ0) is 32.2. The van der Waals surface area contributed by atoms with Crippen molar-refractivity contribution in [2.75, 3.05) is 20.3 Å². The van der Waals surface area contributed by atoms with E-state index in [2.05, 4.69) is 0 Å². The second-order valence-corrected chi connectivity index (χ2v) is 10.8. The van der Waals surface area contributed by atoms with Gasteiger partial charge in [0.1, 0.15) is 36.4 Å². The molecule has 244 valence electrons. The van der Waals surface area contributed by atoms with Crippen LogP contribution in [0.3, 0.4) is 0 Å². The molecule has 0 aliphatic carbocycles. The summed E-state index contributed by atoms with van der Waals surface area (Å²) in [5, 5.41) is 0. The molecule has 1 aromatic rings. The summed E-state index contributed by atoms with van der Waals surface area (Å²) in [6.07, 6.45) is -10.4. The number of benzene rings is 1. The normalized spacial score (nSPS) is 32.5. The first-order valence-corrected chi connectivity index (χ1v) is 14.0. The van der Waals surface area contributed by atoms with Crippen molar-refractivity contribution in [2.24, 2.45) is 0 Å². The van der Waals surface area contributed by atoms with E-state index in [1.54, 1.807) is 38.1 Å². The maximum atomic E-state index is 12.3. The Hall–Kier alpha value is -3.50. The van der Waals surface area contributed by atoms with E-state index >= 15 is 0 Å². The highest BCUT2D eigenvalue weighted by atomic mass is 16.8. The van der Waals surface area contributed by atoms with Gasteiger partial charge < -0.3 is 52.1 Å². The van der Waals surface area contributed by atoms with Crippen molar-refractivity contribution in [3.8, 4) is 11.5 Å². The molecule has 15 nitrogen and oxygen atoms in total. The smallest absolute Gasteiger partial charge is 0.303 e. The molecule has 15 heteroatoms. The molecule has 3 aliphatic rings. The van der Waals surface area contributed by atoms with Crippen LogP contribution in [0.15, 0.2) is 24.3 Å². The van der Waals surface area contributed by atoms with E-state index in [1.807, 2.05) is 0 Å². The third-order valence-electron chi connectivity index (χ3n) is 6.79. The molecule has 0 bridgehead atoms. The summed E-state index contributed by atoms with van der Waals surface area (Å²) in [5.41, 5.74) is 0. The van der Waals surface area contributed by atoms with Crippen molar-refractivity contribution in [3.63, 3.8) is 0 Å². The Kier molecular flexibility index (Phi) is 10.7. The van der Waals surface area contributed by atoms with Crippen molar-refractivity contribution in [2.45, 2.75) is 103 Å². The molecule has 0 saturated carbocycles. The fraction of sp³-hybridized carbons (Fsp3) is 0.655. The number of hydrogen-bond acceptors (Lipinski definition) is 15. The van der Waals surface area contributed by atoms with Crippen molar-refractivity contribution in [3.05, 3.63) is 24.3 Å². The Bertz CT molecular complexity index is 1180. The van der Waals surface area contributed by atoms with Gasteiger partial charge in [0, 0.05) is 27.7 Å². The van der Waals surface area contributed by atoms with Crippen LogP contribution in [-0.2, 0) is 61.8 Å². The molecule has 1 aromatic carbocycles. The SMILES string of the molecule is COc1ccc(O[C@@H]2OC[C@@H]3OC(C)(C)O[C@@H]3[C@H]2O[C@@H]2O[C@H](COC(C)=O)[C@H](OC(C)=O)[C@H](OC(C)=O)[C@H]2OC(C)=O)cc1. The Morgan fingerprint density at radius 1 is 0.773 bits per heavy atom. The Morgan fingerprint density at radius 3 is 1.95 bits per heavy atom. The molecule has 44 heavy (non-hydrogen) atoms. The van der Waals surface area contributed by atoms with Gasteiger partial charge in [0.15, 0.2) is 36.5 Å². The van der Waals surface area contributed by atoms with Gasteiger partial charge in [-0.05, 0) is 38.1 Å². The number of hydrogen-bond donors (Lipinski definition) is 0. The van der Waals surface area contributed by atoms with Gasteiger partial charge in [-0.2, -0.15) is 0 Å². The standard InChI is InChI=1S/C29H38O15/c1-14(30)35-12-20-22(37-15(2)31)24(38-16(3)32)26(39-17(4)33)28(41-20)42-25-23-21(43-29(5,6)44-23)13-36-27(25)40-19-10-8-18(34-7)9-11-19/h8-11,20-28H,12-13H2,1-7H3/t20-,21+,22+,23+,24+,25-,26-,27+,28+/m1/s1. The minimum Gasteiger partial charge on any atom is -0.497 e. The van der Waals surface area contributed by atoms with Crippen LogP contribution in [0, 0.1) is 0 Å². The number of ether oxygens (including phenoxy) is 11. The highest BCUT2D eigenvalue weighted by molar-refractivity contribution is 5.68. The predicted molar refractivity (Wildman–Crippen MR) is 144 cm³/mol. The number of fused-ring (bicyclic) bond motifs is 1. The molecule has 9 atom stereocenters. The van der Waals surface area contributed by atoms with Crippen LogP contribution in [0.4, 0.5) is 0 Å². The van der Waals surface area contributed by atoms with E-state index < -0.39 is 91.6 Å². The van der Waals surface area contributed by atoms with Crippen LogP contribution >= 0.6 is 0 Å². The lowest BCUT2D eigenvalue weighted by Gasteiger charge is -2.46. The van der Waals surface area contributed by atoms with E-state index in [0.29, 0.717) is 11.5 Å². The van der Waals surface area contributed by atoms with Gasteiger partial charge >= 0.3 is 23.9 Å². The maximum absolute atomic E-state index is 12.3. The Balaban J connectivity index is 1.70. The first-order valence-electron chi connectivity index (χ1n) is 14.0. The van der Waals surface area contributed by atoms with Crippen molar-refractivity contribution in [1.82, 2.24) is 0 Å². The lowest BCUT2D eigenvalue weighted by Crippen LogP contribution is -2.65. The van der Waals surface area contributed by atoms with E-state index in [-0.39, 0.29) is 6.61 Å². The van der Waals surface area contributed by atoms with Crippen LogP contribution < -0.4 is 9.47 Å². The number of carbonyl (C=O) groups excluding carboxylic acids is 4. The summed E-state index contributed by atoms with van der Waals surface area (Å²) in [5.74, 6) is -2.91. The van der Waals surface area contributed by atoms with Gasteiger partial charge in [-0.3, -0.25) is 19.2 Å². The highest BCUT2D eigenvalue weighted by Gasteiger charge is 2.58. The predicted octanol–water partition coefficient (Wildman–Crippen LogP) is 1.42. The molecule has 0 unspecified atom stereocenters. The van der Waals surface area contributed by atoms with E-state index in [0.717, 1.165) is 20.8 Å². The van der Waals surface area contributed by atoms with Crippen molar-refractivity contribution >= 4 is 23.9 Å². The summed E-state index contributed by atoms with van der Waals surface area (Å²) in [7, 11) is 1.54. The van der Waals surface area contributed by atoms with Gasteiger partial charge in [0.25, 0.3) is 0 Å². The van der Waals surface area contributed by atoms with Crippen LogP contribution in [0.5, 0.6) is 11.5 Å². The minimum atomic E-state index is -1.49. The van der Waals surface area contributed by atoms with E-state index in [9.17, 15) is 19.2 Å². The van der Waals surface area contributed by atoms with E-state index in [4.69, 9.17) is 52.1 Å². The molecule has 3 saturated heterocycles. The lowest BCUT2D eigenvalue weighted by atomic mass is 9.97. The molecule has 0 aromatic heterocycles. The number of rotatable bonds is 10. The summed E-state index contributed by atoms with van der Waals surface area (Å²) in [4.78, 5) is 48.2. The third kappa shape index (κ3) is 8.35. The summed E-state index contributed by atoms with van der Waals surface area (Å²) < 4.78 is 63.8. The molecule has 0 radical (unpaired) electrons. The molecule has 3 aliphatic heterocycles. The summed E-state index contributed by atoms with van der Waals surface area (Å²) in [6, 6.07) is 6.76. The van der Waals surface area contributed by atoms with Gasteiger partial charge in [-0.1, -0.05) is 0 Å². The van der Waals surface area contributed by atoms with Crippen LogP contribution in [0.1, 0.15) is 41.5 Å². The number of carbonyl (C=O) groups is 4. The minimum absolute atomic E-state index is 0.105. The summed E-state index contributed by atoms with van der Waals surface area (Å²) >= 11 is 0. The van der Waals surface area contributed by atoms with E-state index in [1.165, 1.54) is 14.0 Å². The Morgan fingerprint density at radius 2 is 1.36 bits per heavy atom. The first kappa shape index (κ1) is 33.4. The second kappa shape index (κ2) is 14.1. The van der Waals surface area contributed by atoms with Gasteiger partial charge in [0.2, 0.25) is 6.29 Å².